The van der Waals surface area contributed by atoms with Crippen LogP contribution in [0.1, 0.15) is 24.5 Å². The number of nitriles is 1. The number of nitrogens with zero attached hydrogens (tertiary/aromatic N) is 4. The first-order chi connectivity index (χ1) is 11.1. The zero-order valence-electron chi connectivity index (χ0n) is 12.9. The molecule has 114 valence electrons. The Balaban J connectivity index is 2.17. The van der Waals surface area contributed by atoms with Crippen molar-refractivity contribution in [2.24, 2.45) is 0 Å². The van der Waals surface area contributed by atoms with E-state index < -0.39 is 0 Å². The minimum Gasteiger partial charge on any atom is -0.309 e. The summed E-state index contributed by atoms with van der Waals surface area (Å²) in [7, 11) is 0. The van der Waals surface area contributed by atoms with Gasteiger partial charge in [-0.2, -0.15) is 15.0 Å². The summed E-state index contributed by atoms with van der Waals surface area (Å²) in [6.07, 6.45) is 1.75. The second-order valence-electron chi connectivity index (χ2n) is 5.15. The highest BCUT2D eigenvalue weighted by atomic mass is 16.1. The Morgan fingerprint density at radius 2 is 2.17 bits per heavy atom. The van der Waals surface area contributed by atoms with E-state index in [0.717, 1.165) is 16.5 Å². The van der Waals surface area contributed by atoms with Crippen LogP contribution in [0.3, 0.4) is 0 Å². The van der Waals surface area contributed by atoms with Gasteiger partial charge in [0.1, 0.15) is 11.6 Å². The van der Waals surface area contributed by atoms with Gasteiger partial charge >= 0.3 is 0 Å². The molecule has 1 N–H and O–H groups in total. The van der Waals surface area contributed by atoms with E-state index in [2.05, 4.69) is 15.4 Å². The van der Waals surface area contributed by atoms with E-state index in [-0.39, 0.29) is 5.91 Å². The van der Waals surface area contributed by atoms with E-state index in [1.165, 1.54) is 10.9 Å². The Hall–Kier alpha value is -3.20. The second kappa shape index (κ2) is 5.89. The number of anilines is 1. The van der Waals surface area contributed by atoms with Crippen molar-refractivity contribution in [1.29, 1.82) is 5.26 Å². The third-order valence-corrected chi connectivity index (χ3v) is 3.60. The van der Waals surface area contributed by atoms with Crippen LogP contribution in [0.2, 0.25) is 0 Å². The van der Waals surface area contributed by atoms with E-state index in [9.17, 15) is 10.1 Å². The molecule has 1 amide bonds. The van der Waals surface area contributed by atoms with E-state index in [0.29, 0.717) is 23.6 Å². The van der Waals surface area contributed by atoms with Crippen LogP contribution in [0.5, 0.6) is 0 Å². The maximum absolute atomic E-state index is 11.7. The molecular formula is C17H15N5O. The average molecular weight is 305 g/mol. The molecule has 0 aliphatic rings. The fourth-order valence-electron chi connectivity index (χ4n) is 2.38. The molecule has 0 radical (unpaired) electrons. The van der Waals surface area contributed by atoms with E-state index in [1.54, 1.807) is 6.92 Å². The molecule has 0 atom stereocenters. The minimum atomic E-state index is -0.180. The molecule has 2 heterocycles. The number of para-hydroxylation sites is 1. The van der Waals surface area contributed by atoms with Crippen molar-refractivity contribution in [3.05, 3.63) is 47.7 Å². The number of hydrogen-bond acceptors (Lipinski definition) is 4. The van der Waals surface area contributed by atoms with Gasteiger partial charge in [-0.1, -0.05) is 25.1 Å². The lowest BCUT2D eigenvalue weighted by Crippen LogP contribution is -2.15. The smallest absolute Gasteiger partial charge is 0.225 e. The van der Waals surface area contributed by atoms with Crippen LogP contribution in [0.15, 0.2) is 36.5 Å². The van der Waals surface area contributed by atoms with Gasteiger partial charge in [0.05, 0.1) is 11.7 Å². The highest BCUT2D eigenvalue weighted by Gasteiger charge is 2.16. The van der Waals surface area contributed by atoms with Crippen molar-refractivity contribution < 1.29 is 4.79 Å². The predicted molar refractivity (Wildman–Crippen MR) is 87.2 cm³/mol. The van der Waals surface area contributed by atoms with Crippen molar-refractivity contribution in [3.8, 4) is 11.9 Å². The number of nitrogens with one attached hydrogen (secondary N) is 1. The van der Waals surface area contributed by atoms with Crippen LogP contribution in [-0.4, -0.2) is 20.7 Å². The van der Waals surface area contributed by atoms with Gasteiger partial charge in [-0.15, -0.1) is 0 Å². The van der Waals surface area contributed by atoms with Gasteiger partial charge in [-0.05, 0) is 24.6 Å². The number of carbonyl (C=O) groups excluding carboxylic acids is 1. The lowest BCUT2D eigenvalue weighted by atomic mass is 10.1. The van der Waals surface area contributed by atoms with Crippen molar-refractivity contribution in [2.75, 3.05) is 5.32 Å². The van der Waals surface area contributed by atoms with Crippen molar-refractivity contribution in [2.45, 2.75) is 20.3 Å². The standard InChI is InChI=1S/C17H15N5O/c1-3-16(23)21-17-12(9-18)10-19-22(17)15-8-11(2)13-6-4-5-7-14(13)20-15/h4-8,10H,3H2,1-2H3,(H,21,23). The fraction of sp³-hybridized carbons (Fsp3) is 0.176. The molecule has 6 heteroatoms. The van der Waals surface area contributed by atoms with E-state index >= 15 is 0 Å². The maximum atomic E-state index is 11.7. The normalized spacial score (nSPS) is 10.5. The second-order valence-corrected chi connectivity index (χ2v) is 5.15. The summed E-state index contributed by atoms with van der Waals surface area (Å²) in [5, 5.41) is 17.2. The first-order valence-corrected chi connectivity index (χ1v) is 7.28. The zero-order valence-corrected chi connectivity index (χ0v) is 12.9. The Morgan fingerprint density at radius 1 is 1.39 bits per heavy atom. The largest absolute Gasteiger partial charge is 0.309 e. The topological polar surface area (TPSA) is 83.6 Å². The average Bonchev–Trinajstić information content (AvgIpc) is 2.97. The molecule has 3 aromatic rings. The SMILES string of the molecule is CCC(=O)Nc1c(C#N)cnn1-c1cc(C)c2ccccc2n1. The lowest BCUT2D eigenvalue weighted by molar-refractivity contribution is -0.115. The number of hydrogen-bond donors (Lipinski definition) is 1. The number of amides is 1. The van der Waals surface area contributed by atoms with Gasteiger partial charge in [0.2, 0.25) is 5.91 Å². The number of aromatic nitrogens is 3. The van der Waals surface area contributed by atoms with Crippen LogP contribution in [0, 0.1) is 18.3 Å². The molecule has 0 saturated carbocycles. The molecular weight excluding hydrogens is 290 g/mol. The third kappa shape index (κ3) is 2.64. The number of pyridine rings is 1. The van der Waals surface area contributed by atoms with Crippen molar-refractivity contribution in [3.63, 3.8) is 0 Å². The Bertz CT molecular complexity index is 936. The molecule has 23 heavy (non-hydrogen) atoms. The van der Waals surface area contributed by atoms with E-state index in [1.807, 2.05) is 43.3 Å². The third-order valence-electron chi connectivity index (χ3n) is 3.60. The monoisotopic (exact) mass is 305 g/mol. The van der Waals surface area contributed by atoms with Gasteiger partial charge in [-0.25, -0.2) is 4.98 Å². The first-order valence-electron chi connectivity index (χ1n) is 7.28. The summed E-state index contributed by atoms with van der Waals surface area (Å²) in [4.78, 5) is 16.3. The molecule has 0 bridgehead atoms. The number of benzene rings is 1. The molecule has 3 rings (SSSR count). The lowest BCUT2D eigenvalue weighted by Gasteiger charge is -2.10. The van der Waals surface area contributed by atoms with Gasteiger partial charge in [0.25, 0.3) is 0 Å². The van der Waals surface area contributed by atoms with Crippen LogP contribution < -0.4 is 5.32 Å². The number of fused-ring (bicyclic) bond motifs is 1. The quantitative estimate of drug-likeness (QED) is 0.806. The first kappa shape index (κ1) is 14.7. The maximum Gasteiger partial charge on any atom is 0.225 e. The number of aryl methyl sites for hydroxylation is 1. The summed E-state index contributed by atoms with van der Waals surface area (Å²) >= 11 is 0. The molecule has 6 nitrogen and oxygen atoms in total. The van der Waals surface area contributed by atoms with Gasteiger partial charge in [-0.3, -0.25) is 4.79 Å². The zero-order chi connectivity index (χ0) is 16.4. The summed E-state index contributed by atoms with van der Waals surface area (Å²) in [5.41, 5.74) is 2.19. The van der Waals surface area contributed by atoms with Crippen LogP contribution in [0.25, 0.3) is 16.7 Å². The van der Waals surface area contributed by atoms with Crippen molar-refractivity contribution in [1.82, 2.24) is 14.8 Å². The van der Waals surface area contributed by atoms with Crippen LogP contribution in [0.4, 0.5) is 5.82 Å². The van der Waals surface area contributed by atoms with Gasteiger partial charge < -0.3 is 5.32 Å². The minimum absolute atomic E-state index is 0.180. The van der Waals surface area contributed by atoms with Gasteiger partial charge in [0.15, 0.2) is 11.6 Å². The Labute approximate surface area is 133 Å². The molecule has 1 aromatic carbocycles. The molecule has 0 unspecified atom stereocenters. The van der Waals surface area contributed by atoms with Crippen LogP contribution >= 0.6 is 0 Å². The van der Waals surface area contributed by atoms with Gasteiger partial charge in [0, 0.05) is 11.8 Å². The summed E-state index contributed by atoms with van der Waals surface area (Å²) in [6, 6.07) is 11.7. The molecule has 0 aliphatic carbocycles. The molecule has 0 spiro atoms. The molecule has 0 aliphatic heterocycles. The number of rotatable bonds is 3. The highest BCUT2D eigenvalue weighted by Crippen LogP contribution is 2.23. The predicted octanol–water partition coefficient (Wildman–Crippen LogP) is 2.95. The summed E-state index contributed by atoms with van der Waals surface area (Å²) < 4.78 is 1.49. The van der Waals surface area contributed by atoms with Crippen LogP contribution in [-0.2, 0) is 4.79 Å². The Kier molecular flexibility index (Phi) is 3.77. The summed E-state index contributed by atoms with van der Waals surface area (Å²) in [5.74, 6) is 0.733. The van der Waals surface area contributed by atoms with E-state index in [4.69, 9.17) is 0 Å². The summed E-state index contributed by atoms with van der Waals surface area (Å²) in [6.45, 7) is 3.74. The highest BCUT2D eigenvalue weighted by molar-refractivity contribution is 5.91. The Morgan fingerprint density at radius 3 is 2.91 bits per heavy atom. The van der Waals surface area contributed by atoms with Crippen molar-refractivity contribution >= 4 is 22.6 Å². The fourth-order valence-corrected chi connectivity index (χ4v) is 2.38. The molecule has 0 fully saturated rings. The molecule has 0 saturated heterocycles. The molecule has 2 aromatic heterocycles. The number of carbonyl (C=O) groups is 1.